The summed E-state index contributed by atoms with van der Waals surface area (Å²) in [5.74, 6) is 0. The first kappa shape index (κ1) is 12.5. The molecule has 0 aliphatic carbocycles. The first-order valence-electron chi connectivity index (χ1n) is 6.92. The van der Waals surface area contributed by atoms with Crippen molar-refractivity contribution in [2.24, 2.45) is 5.73 Å². The molecular weight excluding hydrogens is 276 g/mol. The van der Waals surface area contributed by atoms with E-state index in [1.165, 1.54) is 27.1 Å². The molecule has 0 aliphatic rings. The van der Waals surface area contributed by atoms with E-state index < -0.39 is 0 Å². The second kappa shape index (κ2) is 4.95. The van der Waals surface area contributed by atoms with Gasteiger partial charge in [0, 0.05) is 17.5 Å². The van der Waals surface area contributed by atoms with Crippen molar-refractivity contribution in [1.82, 2.24) is 4.98 Å². The predicted octanol–water partition coefficient (Wildman–Crippen LogP) is 4.58. The molecule has 1 heterocycles. The van der Waals surface area contributed by atoms with E-state index in [0.29, 0.717) is 6.54 Å². The van der Waals surface area contributed by atoms with Gasteiger partial charge in [-0.3, -0.25) is 0 Å². The largest absolute Gasteiger partial charge is 0.325 e. The van der Waals surface area contributed by atoms with Gasteiger partial charge in [0.05, 0.1) is 5.69 Å². The SMILES string of the molecule is NCc1nc(-c2c3ccccc3cc3ccccc23)cs1. The lowest BCUT2D eigenvalue weighted by Gasteiger charge is -2.09. The summed E-state index contributed by atoms with van der Waals surface area (Å²) in [5.41, 5.74) is 7.94. The van der Waals surface area contributed by atoms with E-state index in [1.807, 2.05) is 0 Å². The molecular formula is C18H14N2S. The summed E-state index contributed by atoms with van der Waals surface area (Å²) < 4.78 is 0. The Balaban J connectivity index is 2.15. The highest BCUT2D eigenvalue weighted by molar-refractivity contribution is 7.10. The molecule has 21 heavy (non-hydrogen) atoms. The number of hydrogen-bond acceptors (Lipinski definition) is 3. The van der Waals surface area contributed by atoms with Gasteiger partial charge in [-0.05, 0) is 27.6 Å². The minimum atomic E-state index is 0.493. The second-order valence-electron chi connectivity index (χ2n) is 5.02. The van der Waals surface area contributed by atoms with E-state index in [1.54, 1.807) is 11.3 Å². The van der Waals surface area contributed by atoms with Crippen LogP contribution in [0.1, 0.15) is 5.01 Å². The van der Waals surface area contributed by atoms with Gasteiger partial charge in [0.1, 0.15) is 5.01 Å². The average molecular weight is 290 g/mol. The molecule has 0 saturated carbocycles. The van der Waals surface area contributed by atoms with Gasteiger partial charge in [0.2, 0.25) is 0 Å². The summed E-state index contributed by atoms with van der Waals surface area (Å²) in [6.45, 7) is 0.493. The van der Waals surface area contributed by atoms with Gasteiger partial charge in [0.15, 0.2) is 0 Å². The predicted molar refractivity (Wildman–Crippen MR) is 90.5 cm³/mol. The molecule has 2 nitrogen and oxygen atoms in total. The number of fused-ring (bicyclic) bond motifs is 2. The van der Waals surface area contributed by atoms with Crippen LogP contribution >= 0.6 is 11.3 Å². The molecule has 0 amide bonds. The Morgan fingerprint density at radius 1 is 0.905 bits per heavy atom. The first-order valence-corrected chi connectivity index (χ1v) is 7.80. The Labute approximate surface area is 126 Å². The number of thiazole rings is 1. The number of benzene rings is 3. The van der Waals surface area contributed by atoms with Crippen molar-refractivity contribution < 1.29 is 0 Å². The molecule has 0 spiro atoms. The van der Waals surface area contributed by atoms with Crippen molar-refractivity contribution in [3.05, 3.63) is 65.0 Å². The van der Waals surface area contributed by atoms with Gasteiger partial charge in [0.25, 0.3) is 0 Å². The van der Waals surface area contributed by atoms with Gasteiger partial charge in [-0.25, -0.2) is 4.98 Å². The maximum atomic E-state index is 5.71. The van der Waals surface area contributed by atoms with Crippen LogP contribution in [-0.4, -0.2) is 4.98 Å². The molecule has 4 aromatic rings. The molecule has 0 unspecified atom stereocenters. The molecule has 1 aromatic heterocycles. The summed E-state index contributed by atoms with van der Waals surface area (Å²) in [6.07, 6.45) is 0. The van der Waals surface area contributed by atoms with Crippen LogP contribution in [0.2, 0.25) is 0 Å². The Hall–Kier alpha value is -2.23. The summed E-state index contributed by atoms with van der Waals surface area (Å²) >= 11 is 1.63. The van der Waals surface area contributed by atoms with E-state index in [0.717, 1.165) is 10.7 Å². The highest BCUT2D eigenvalue weighted by Crippen LogP contribution is 2.36. The molecule has 0 aliphatic heterocycles. The van der Waals surface area contributed by atoms with Crippen LogP contribution in [0.4, 0.5) is 0 Å². The van der Waals surface area contributed by atoms with Crippen molar-refractivity contribution in [2.45, 2.75) is 6.54 Å². The van der Waals surface area contributed by atoms with Gasteiger partial charge in [-0.1, -0.05) is 48.5 Å². The molecule has 4 rings (SSSR count). The lowest BCUT2D eigenvalue weighted by atomic mass is 9.95. The van der Waals surface area contributed by atoms with Crippen LogP contribution in [-0.2, 0) is 6.54 Å². The van der Waals surface area contributed by atoms with E-state index in [9.17, 15) is 0 Å². The van der Waals surface area contributed by atoms with Gasteiger partial charge in [-0.15, -0.1) is 11.3 Å². The highest BCUT2D eigenvalue weighted by Gasteiger charge is 2.12. The third-order valence-corrected chi connectivity index (χ3v) is 4.62. The molecule has 3 heteroatoms. The maximum absolute atomic E-state index is 5.71. The Morgan fingerprint density at radius 2 is 1.52 bits per heavy atom. The van der Waals surface area contributed by atoms with E-state index in [2.05, 4.69) is 60.0 Å². The third-order valence-electron chi connectivity index (χ3n) is 3.75. The van der Waals surface area contributed by atoms with Crippen molar-refractivity contribution in [3.8, 4) is 11.3 Å². The molecule has 0 radical (unpaired) electrons. The zero-order valence-electron chi connectivity index (χ0n) is 11.4. The summed E-state index contributed by atoms with van der Waals surface area (Å²) in [7, 11) is 0. The topological polar surface area (TPSA) is 38.9 Å². The van der Waals surface area contributed by atoms with Gasteiger partial charge < -0.3 is 5.73 Å². The van der Waals surface area contributed by atoms with Crippen molar-refractivity contribution in [3.63, 3.8) is 0 Å². The van der Waals surface area contributed by atoms with Crippen molar-refractivity contribution >= 4 is 32.9 Å². The Kier molecular flexibility index (Phi) is 2.95. The van der Waals surface area contributed by atoms with Gasteiger partial charge in [-0.2, -0.15) is 0 Å². The van der Waals surface area contributed by atoms with Crippen molar-refractivity contribution in [1.29, 1.82) is 0 Å². The third kappa shape index (κ3) is 2.02. The van der Waals surface area contributed by atoms with E-state index >= 15 is 0 Å². The number of nitrogens with two attached hydrogens (primary N) is 1. The van der Waals surface area contributed by atoms with Crippen LogP contribution in [0.25, 0.3) is 32.8 Å². The highest BCUT2D eigenvalue weighted by atomic mass is 32.1. The normalized spacial score (nSPS) is 11.3. The quantitative estimate of drug-likeness (QED) is 0.549. The monoisotopic (exact) mass is 290 g/mol. The van der Waals surface area contributed by atoms with Crippen LogP contribution in [0.3, 0.4) is 0 Å². The van der Waals surface area contributed by atoms with Crippen LogP contribution < -0.4 is 5.73 Å². The lowest BCUT2D eigenvalue weighted by Crippen LogP contribution is -1.95. The van der Waals surface area contributed by atoms with E-state index in [-0.39, 0.29) is 0 Å². The summed E-state index contributed by atoms with van der Waals surface area (Å²) in [5, 5.41) is 8.05. The summed E-state index contributed by atoms with van der Waals surface area (Å²) in [6, 6.07) is 19.2. The van der Waals surface area contributed by atoms with E-state index in [4.69, 9.17) is 10.7 Å². The molecule has 0 atom stereocenters. The minimum Gasteiger partial charge on any atom is -0.325 e. The lowest BCUT2D eigenvalue weighted by molar-refractivity contribution is 1.04. The Bertz CT molecular complexity index is 886. The average Bonchev–Trinajstić information content (AvgIpc) is 3.01. The fraction of sp³-hybridized carbons (Fsp3) is 0.0556. The van der Waals surface area contributed by atoms with Crippen LogP contribution in [0.5, 0.6) is 0 Å². The van der Waals surface area contributed by atoms with Gasteiger partial charge >= 0.3 is 0 Å². The minimum absolute atomic E-state index is 0.493. The second-order valence-corrected chi connectivity index (χ2v) is 5.97. The standard InChI is InChI=1S/C18H14N2S/c19-10-17-20-16(11-21-17)18-14-7-3-1-5-12(14)9-13-6-2-4-8-15(13)18/h1-9,11H,10,19H2. The fourth-order valence-corrected chi connectivity index (χ4v) is 3.47. The maximum Gasteiger partial charge on any atom is 0.107 e. The zero-order chi connectivity index (χ0) is 14.2. The molecule has 102 valence electrons. The van der Waals surface area contributed by atoms with Crippen molar-refractivity contribution in [2.75, 3.05) is 0 Å². The molecule has 0 bridgehead atoms. The molecule has 3 aromatic carbocycles. The van der Waals surface area contributed by atoms with Crippen LogP contribution in [0, 0.1) is 0 Å². The zero-order valence-corrected chi connectivity index (χ0v) is 12.2. The number of rotatable bonds is 2. The first-order chi connectivity index (χ1) is 10.4. The summed E-state index contributed by atoms with van der Waals surface area (Å²) in [4.78, 5) is 4.69. The smallest absolute Gasteiger partial charge is 0.107 e. The molecule has 0 saturated heterocycles. The number of aromatic nitrogens is 1. The number of nitrogens with zero attached hydrogens (tertiary/aromatic N) is 1. The number of hydrogen-bond donors (Lipinski definition) is 1. The Morgan fingerprint density at radius 3 is 2.10 bits per heavy atom. The molecule has 0 fully saturated rings. The molecule has 2 N–H and O–H groups in total. The fourth-order valence-electron chi connectivity index (χ4n) is 2.81. The van der Waals surface area contributed by atoms with Crippen LogP contribution in [0.15, 0.2) is 60.0 Å².